The van der Waals surface area contributed by atoms with Crippen LogP contribution >= 0.6 is 11.3 Å². The first kappa shape index (κ1) is 17.8. The van der Waals surface area contributed by atoms with E-state index in [-0.39, 0.29) is 5.97 Å². The largest absolute Gasteiger partial charge is 0.462 e. The van der Waals surface area contributed by atoms with Gasteiger partial charge < -0.3 is 9.64 Å². The first-order valence-corrected chi connectivity index (χ1v) is 9.94. The molecule has 0 amide bonds. The second kappa shape index (κ2) is 7.22. The summed E-state index contributed by atoms with van der Waals surface area (Å²) in [6, 6.07) is 0.362. The van der Waals surface area contributed by atoms with Crippen LogP contribution in [0.4, 0.5) is 5.82 Å². The van der Waals surface area contributed by atoms with E-state index in [4.69, 9.17) is 9.72 Å². The van der Waals surface area contributed by atoms with Gasteiger partial charge in [0.05, 0.1) is 18.0 Å². The van der Waals surface area contributed by atoms with Crippen LogP contribution in [0.2, 0.25) is 0 Å². The normalized spacial score (nSPS) is 15.4. The first-order chi connectivity index (χ1) is 13.1. The van der Waals surface area contributed by atoms with Crippen LogP contribution in [0.3, 0.4) is 0 Å². The molecule has 1 aliphatic heterocycles. The lowest BCUT2D eigenvalue weighted by molar-refractivity contribution is 0.0531. The number of ether oxygens (including phenoxy) is 1. The van der Waals surface area contributed by atoms with Gasteiger partial charge in [-0.1, -0.05) is 0 Å². The molecule has 1 fully saturated rings. The maximum absolute atomic E-state index is 12.3. The minimum Gasteiger partial charge on any atom is -0.462 e. The molecule has 1 saturated heterocycles. The van der Waals surface area contributed by atoms with Crippen molar-refractivity contribution in [1.82, 2.24) is 24.7 Å². The number of aromatic nitrogens is 5. The smallest absolute Gasteiger partial charge is 0.348 e. The van der Waals surface area contributed by atoms with Crippen LogP contribution in [0, 0.1) is 13.8 Å². The van der Waals surface area contributed by atoms with E-state index in [1.54, 1.807) is 12.7 Å². The number of thiophene rings is 1. The zero-order valence-corrected chi connectivity index (χ0v) is 16.5. The molecule has 8 nitrogen and oxygen atoms in total. The van der Waals surface area contributed by atoms with Crippen LogP contribution < -0.4 is 4.90 Å². The van der Waals surface area contributed by atoms with E-state index in [9.17, 15) is 4.79 Å². The summed E-state index contributed by atoms with van der Waals surface area (Å²) in [6.07, 6.45) is 5.31. The second-order valence-corrected chi connectivity index (χ2v) is 7.64. The summed E-state index contributed by atoms with van der Waals surface area (Å²) in [5, 5.41) is 5.23. The van der Waals surface area contributed by atoms with Gasteiger partial charge in [-0.2, -0.15) is 5.10 Å². The number of esters is 1. The topological polar surface area (TPSA) is 86.0 Å². The molecule has 4 heterocycles. The Kier molecular flexibility index (Phi) is 4.77. The van der Waals surface area contributed by atoms with Crippen molar-refractivity contribution in [2.24, 2.45) is 0 Å². The molecule has 0 atom stereocenters. The van der Waals surface area contributed by atoms with Crippen molar-refractivity contribution in [2.45, 2.75) is 39.7 Å². The van der Waals surface area contributed by atoms with E-state index in [1.807, 2.05) is 25.5 Å². The lowest BCUT2D eigenvalue weighted by atomic mass is 10.0. The quantitative estimate of drug-likeness (QED) is 0.637. The Labute approximate surface area is 161 Å². The summed E-state index contributed by atoms with van der Waals surface area (Å²) in [5.74, 6) is 1.35. The number of aryl methyl sites for hydroxylation is 2. The molecule has 3 aromatic heterocycles. The molecule has 0 radical (unpaired) electrons. The minimum absolute atomic E-state index is 0.286. The third-order valence-electron chi connectivity index (χ3n) is 4.92. The Balaban J connectivity index is 1.66. The van der Waals surface area contributed by atoms with Crippen molar-refractivity contribution < 1.29 is 9.53 Å². The Bertz CT molecular complexity index is 960. The average Bonchev–Trinajstić information content (AvgIpc) is 3.30. The van der Waals surface area contributed by atoms with Gasteiger partial charge in [-0.05, 0) is 39.2 Å². The van der Waals surface area contributed by atoms with Gasteiger partial charge in [0.2, 0.25) is 0 Å². The number of nitrogens with zero attached hydrogens (tertiary/aromatic N) is 6. The predicted molar refractivity (Wildman–Crippen MR) is 103 cm³/mol. The first-order valence-electron chi connectivity index (χ1n) is 9.12. The second-order valence-electron chi connectivity index (χ2n) is 6.64. The van der Waals surface area contributed by atoms with E-state index in [0.717, 1.165) is 47.5 Å². The zero-order valence-electron chi connectivity index (χ0n) is 15.7. The molecule has 4 rings (SSSR count). The van der Waals surface area contributed by atoms with E-state index in [2.05, 4.69) is 20.0 Å². The SMILES string of the molecule is CCOC(=O)c1sc2nc(C)nc(N3CCC(n4cncn4)CC3)c2c1C. The fourth-order valence-electron chi connectivity index (χ4n) is 3.59. The third kappa shape index (κ3) is 3.27. The predicted octanol–water partition coefficient (Wildman–Crippen LogP) is 2.92. The maximum Gasteiger partial charge on any atom is 0.348 e. The van der Waals surface area contributed by atoms with Crippen molar-refractivity contribution in [3.63, 3.8) is 0 Å². The molecule has 0 spiro atoms. The average molecular weight is 386 g/mol. The molecule has 0 aromatic carbocycles. The molecular weight excluding hydrogens is 364 g/mol. The van der Waals surface area contributed by atoms with Gasteiger partial charge >= 0.3 is 5.97 Å². The highest BCUT2D eigenvalue weighted by Gasteiger charge is 2.27. The number of anilines is 1. The van der Waals surface area contributed by atoms with Crippen LogP contribution in [-0.4, -0.2) is 50.4 Å². The standard InChI is InChI=1S/C18H22N6O2S/c1-4-26-18(25)15-11(2)14-16(21-12(3)22-17(14)27-15)23-7-5-13(6-8-23)24-10-19-9-20-24/h9-10,13H,4-8H2,1-3H3. The van der Waals surface area contributed by atoms with Crippen LogP contribution in [0.15, 0.2) is 12.7 Å². The van der Waals surface area contributed by atoms with Crippen molar-refractivity contribution in [1.29, 1.82) is 0 Å². The van der Waals surface area contributed by atoms with Crippen LogP contribution in [0.5, 0.6) is 0 Å². The zero-order chi connectivity index (χ0) is 19.0. The number of fused-ring (bicyclic) bond motifs is 1. The van der Waals surface area contributed by atoms with Gasteiger partial charge in [-0.3, -0.25) is 0 Å². The molecule has 142 valence electrons. The van der Waals surface area contributed by atoms with Gasteiger partial charge in [-0.25, -0.2) is 24.4 Å². The van der Waals surface area contributed by atoms with E-state index < -0.39 is 0 Å². The number of piperidine rings is 1. The highest BCUT2D eigenvalue weighted by Crippen LogP contribution is 2.37. The van der Waals surface area contributed by atoms with Crippen molar-refractivity contribution in [2.75, 3.05) is 24.6 Å². The molecule has 3 aromatic rings. The number of carbonyl (C=O) groups is 1. The van der Waals surface area contributed by atoms with Gasteiger partial charge in [0, 0.05) is 13.1 Å². The minimum atomic E-state index is -0.286. The summed E-state index contributed by atoms with van der Waals surface area (Å²) >= 11 is 1.39. The fourth-order valence-corrected chi connectivity index (χ4v) is 4.70. The van der Waals surface area contributed by atoms with Crippen LogP contribution in [0.25, 0.3) is 10.2 Å². The van der Waals surface area contributed by atoms with Gasteiger partial charge in [0.1, 0.15) is 34.0 Å². The highest BCUT2D eigenvalue weighted by molar-refractivity contribution is 7.20. The van der Waals surface area contributed by atoms with Gasteiger partial charge in [0.25, 0.3) is 0 Å². The van der Waals surface area contributed by atoms with Crippen LogP contribution in [-0.2, 0) is 4.74 Å². The summed E-state index contributed by atoms with van der Waals surface area (Å²) in [5.41, 5.74) is 0.904. The van der Waals surface area contributed by atoms with Crippen molar-refractivity contribution in [3.05, 3.63) is 28.9 Å². The number of rotatable bonds is 4. The third-order valence-corrected chi connectivity index (χ3v) is 6.08. The molecule has 0 aliphatic carbocycles. The lowest BCUT2D eigenvalue weighted by Gasteiger charge is -2.33. The summed E-state index contributed by atoms with van der Waals surface area (Å²) < 4.78 is 7.14. The van der Waals surface area contributed by atoms with Crippen molar-refractivity contribution >= 4 is 33.3 Å². The Morgan fingerprint density at radius 2 is 2.07 bits per heavy atom. The lowest BCUT2D eigenvalue weighted by Crippen LogP contribution is -2.35. The van der Waals surface area contributed by atoms with Gasteiger partial charge in [-0.15, -0.1) is 11.3 Å². The molecular formula is C18H22N6O2S. The summed E-state index contributed by atoms with van der Waals surface area (Å²) in [4.78, 5) is 29.4. The summed E-state index contributed by atoms with van der Waals surface area (Å²) in [6.45, 7) is 7.77. The molecule has 9 heteroatoms. The van der Waals surface area contributed by atoms with E-state index in [0.29, 0.717) is 23.4 Å². The van der Waals surface area contributed by atoms with Crippen LogP contribution in [0.1, 0.15) is 46.9 Å². The molecule has 0 unspecified atom stereocenters. The number of carbonyl (C=O) groups excluding carboxylic acids is 1. The Hall–Kier alpha value is -2.55. The molecule has 27 heavy (non-hydrogen) atoms. The van der Waals surface area contributed by atoms with Crippen molar-refractivity contribution in [3.8, 4) is 0 Å². The molecule has 1 aliphatic rings. The maximum atomic E-state index is 12.3. The van der Waals surface area contributed by atoms with Gasteiger partial charge in [0.15, 0.2) is 0 Å². The fraction of sp³-hybridized carbons (Fsp3) is 0.500. The van der Waals surface area contributed by atoms with E-state index in [1.165, 1.54) is 11.3 Å². The number of hydrogen-bond donors (Lipinski definition) is 0. The van der Waals surface area contributed by atoms with E-state index >= 15 is 0 Å². The Morgan fingerprint density at radius 1 is 1.30 bits per heavy atom. The molecule has 0 N–H and O–H groups in total. The Morgan fingerprint density at radius 3 is 2.74 bits per heavy atom. The molecule has 0 bridgehead atoms. The number of hydrogen-bond acceptors (Lipinski definition) is 8. The monoisotopic (exact) mass is 386 g/mol. The summed E-state index contributed by atoms with van der Waals surface area (Å²) in [7, 11) is 0. The highest BCUT2D eigenvalue weighted by atomic mass is 32.1. The molecule has 0 saturated carbocycles.